The largest absolute Gasteiger partial charge is 0.391 e. The lowest BCUT2D eigenvalue weighted by Gasteiger charge is -2.12. The monoisotopic (exact) mass is 326 g/mol. The summed E-state index contributed by atoms with van der Waals surface area (Å²) in [5.41, 5.74) is 1.38. The van der Waals surface area contributed by atoms with Crippen LogP contribution in [0.3, 0.4) is 0 Å². The minimum absolute atomic E-state index is 0.161. The molecule has 0 aliphatic heterocycles. The number of benzene rings is 1. The fourth-order valence-corrected chi connectivity index (χ4v) is 2.40. The lowest BCUT2D eigenvalue weighted by molar-refractivity contribution is 0.0908. The van der Waals surface area contributed by atoms with Crippen molar-refractivity contribution in [3.8, 4) is 0 Å². The number of carbonyl (C=O) groups is 1. The number of amides is 1. The Morgan fingerprint density at radius 2 is 2.00 bits per heavy atom. The van der Waals surface area contributed by atoms with Crippen molar-refractivity contribution in [3.63, 3.8) is 0 Å². The molecular weight excluding hydrogens is 311 g/mol. The van der Waals surface area contributed by atoms with Crippen LogP contribution in [0.25, 0.3) is 0 Å². The second kappa shape index (κ2) is 6.98. The summed E-state index contributed by atoms with van der Waals surface area (Å²) in [6.45, 7) is 0.161. The molecule has 2 rings (SSSR count). The van der Waals surface area contributed by atoms with Crippen LogP contribution in [-0.2, 0) is 13.5 Å². The van der Waals surface area contributed by atoms with Gasteiger partial charge < -0.3 is 15.0 Å². The molecule has 1 aromatic carbocycles. The van der Waals surface area contributed by atoms with Crippen molar-refractivity contribution >= 4 is 29.1 Å². The van der Waals surface area contributed by atoms with Gasteiger partial charge in [-0.25, -0.2) is 0 Å². The molecule has 0 saturated heterocycles. The first kappa shape index (κ1) is 15.9. The van der Waals surface area contributed by atoms with Crippen LogP contribution >= 0.6 is 23.2 Å². The highest BCUT2D eigenvalue weighted by Crippen LogP contribution is 2.24. The summed E-state index contributed by atoms with van der Waals surface area (Å²) in [6.07, 6.45) is -0.168. The zero-order chi connectivity index (χ0) is 15.4. The van der Waals surface area contributed by atoms with Gasteiger partial charge in [0.2, 0.25) is 0 Å². The third-order valence-corrected chi connectivity index (χ3v) is 4.00. The zero-order valence-electron chi connectivity index (χ0n) is 11.5. The molecule has 1 unspecified atom stereocenters. The van der Waals surface area contributed by atoms with Crippen molar-refractivity contribution in [3.05, 3.63) is 57.8 Å². The summed E-state index contributed by atoms with van der Waals surface area (Å²) in [4.78, 5) is 12.0. The van der Waals surface area contributed by atoms with Gasteiger partial charge >= 0.3 is 0 Å². The van der Waals surface area contributed by atoms with Crippen molar-refractivity contribution in [1.29, 1.82) is 0 Å². The smallest absolute Gasteiger partial charge is 0.268 e. The third-order valence-electron chi connectivity index (χ3n) is 3.16. The van der Waals surface area contributed by atoms with Gasteiger partial charge in [0.15, 0.2) is 0 Å². The fourth-order valence-electron chi connectivity index (χ4n) is 2.02. The highest BCUT2D eigenvalue weighted by molar-refractivity contribution is 6.41. The zero-order valence-corrected chi connectivity index (χ0v) is 13.0. The molecule has 6 heteroatoms. The summed E-state index contributed by atoms with van der Waals surface area (Å²) < 4.78 is 1.50. The molecule has 1 heterocycles. The number of aromatic nitrogens is 1. The number of aliphatic hydroxyl groups is 1. The van der Waals surface area contributed by atoms with Crippen LogP contribution < -0.4 is 5.32 Å². The number of nitrogens with zero attached hydrogens (tertiary/aromatic N) is 1. The molecule has 0 fully saturated rings. The maximum atomic E-state index is 12.0. The Morgan fingerprint density at radius 1 is 1.33 bits per heavy atom. The molecule has 4 nitrogen and oxygen atoms in total. The number of rotatable bonds is 5. The minimum Gasteiger partial charge on any atom is -0.391 e. The van der Waals surface area contributed by atoms with Gasteiger partial charge in [-0.2, -0.15) is 0 Å². The van der Waals surface area contributed by atoms with E-state index in [0.717, 1.165) is 5.56 Å². The van der Waals surface area contributed by atoms with E-state index >= 15 is 0 Å². The first-order valence-corrected chi connectivity index (χ1v) is 7.25. The Morgan fingerprint density at radius 3 is 2.57 bits per heavy atom. The molecule has 0 radical (unpaired) electrons. The maximum Gasteiger partial charge on any atom is 0.268 e. The summed E-state index contributed by atoms with van der Waals surface area (Å²) in [7, 11) is 1.66. The van der Waals surface area contributed by atoms with E-state index in [1.54, 1.807) is 7.05 Å². The van der Waals surface area contributed by atoms with E-state index in [4.69, 9.17) is 23.2 Å². The molecule has 112 valence electrons. The second-order valence-electron chi connectivity index (χ2n) is 4.78. The Balaban J connectivity index is 1.90. The molecule has 2 N–H and O–H groups in total. The molecule has 0 saturated carbocycles. The molecule has 0 aliphatic rings. The van der Waals surface area contributed by atoms with Gasteiger partial charge in [-0.15, -0.1) is 0 Å². The summed E-state index contributed by atoms with van der Waals surface area (Å²) >= 11 is 11.8. The van der Waals surface area contributed by atoms with Gasteiger partial charge in [0.1, 0.15) is 10.8 Å². The Hall–Kier alpha value is -1.49. The molecule has 2 aromatic rings. The average Bonchev–Trinajstić information content (AvgIpc) is 2.73. The normalized spacial score (nSPS) is 12.2. The van der Waals surface area contributed by atoms with E-state index in [2.05, 4.69) is 5.32 Å². The van der Waals surface area contributed by atoms with Crippen molar-refractivity contribution in [2.24, 2.45) is 7.05 Å². The van der Waals surface area contributed by atoms with Gasteiger partial charge in [-0.05, 0) is 11.6 Å². The number of carbonyl (C=O) groups excluding carboxylic acids is 1. The first-order valence-electron chi connectivity index (χ1n) is 6.50. The van der Waals surface area contributed by atoms with Crippen molar-refractivity contribution in [2.75, 3.05) is 6.54 Å². The average molecular weight is 327 g/mol. The fraction of sp³-hybridized carbons (Fsp3) is 0.267. The Labute approximate surface area is 133 Å². The quantitative estimate of drug-likeness (QED) is 0.887. The molecule has 1 aromatic heterocycles. The van der Waals surface area contributed by atoms with E-state index in [1.165, 1.54) is 10.6 Å². The van der Waals surface area contributed by atoms with Crippen LogP contribution in [0.4, 0.5) is 0 Å². The summed E-state index contributed by atoms with van der Waals surface area (Å²) in [5, 5.41) is 13.3. The highest BCUT2D eigenvalue weighted by Gasteiger charge is 2.16. The van der Waals surface area contributed by atoms with E-state index in [0.29, 0.717) is 22.3 Å². The SMILES string of the molecule is Cn1c(C(=O)NCC(O)Cc2ccccc2)cc(Cl)c1Cl. The van der Waals surface area contributed by atoms with E-state index in [-0.39, 0.29) is 12.5 Å². The molecular formula is C15H16Cl2N2O2. The number of aliphatic hydroxyl groups excluding tert-OH is 1. The molecule has 0 spiro atoms. The van der Waals surface area contributed by atoms with Crippen LogP contribution in [-0.4, -0.2) is 28.2 Å². The number of nitrogens with one attached hydrogen (secondary N) is 1. The van der Waals surface area contributed by atoms with Gasteiger partial charge in [-0.1, -0.05) is 53.5 Å². The van der Waals surface area contributed by atoms with Crippen LogP contribution in [0.1, 0.15) is 16.1 Å². The summed E-state index contributed by atoms with van der Waals surface area (Å²) in [5.74, 6) is -0.321. The Bertz CT molecular complexity index is 626. The molecule has 0 bridgehead atoms. The van der Waals surface area contributed by atoms with Crippen LogP contribution in [0.2, 0.25) is 10.2 Å². The van der Waals surface area contributed by atoms with Crippen molar-refractivity contribution in [2.45, 2.75) is 12.5 Å². The first-order chi connectivity index (χ1) is 9.99. The van der Waals surface area contributed by atoms with Crippen LogP contribution in [0.15, 0.2) is 36.4 Å². The van der Waals surface area contributed by atoms with E-state index < -0.39 is 6.10 Å². The molecule has 0 aliphatic carbocycles. The van der Waals surface area contributed by atoms with Gasteiger partial charge in [-0.3, -0.25) is 4.79 Å². The van der Waals surface area contributed by atoms with E-state index in [9.17, 15) is 9.90 Å². The lowest BCUT2D eigenvalue weighted by Crippen LogP contribution is -2.34. The summed E-state index contributed by atoms with van der Waals surface area (Å²) in [6, 6.07) is 11.1. The predicted molar refractivity (Wildman–Crippen MR) is 83.9 cm³/mol. The van der Waals surface area contributed by atoms with Gasteiger partial charge in [0, 0.05) is 20.0 Å². The molecule has 1 amide bonds. The van der Waals surface area contributed by atoms with Gasteiger partial charge in [0.25, 0.3) is 5.91 Å². The van der Waals surface area contributed by atoms with E-state index in [1.807, 2.05) is 30.3 Å². The minimum atomic E-state index is -0.650. The topological polar surface area (TPSA) is 54.3 Å². The lowest BCUT2D eigenvalue weighted by atomic mass is 10.1. The van der Waals surface area contributed by atoms with Crippen LogP contribution in [0.5, 0.6) is 0 Å². The number of halogens is 2. The highest BCUT2D eigenvalue weighted by atomic mass is 35.5. The Kier molecular flexibility index (Phi) is 5.28. The molecule has 21 heavy (non-hydrogen) atoms. The second-order valence-corrected chi connectivity index (χ2v) is 5.55. The maximum absolute atomic E-state index is 12.0. The number of hydrogen-bond acceptors (Lipinski definition) is 2. The van der Waals surface area contributed by atoms with Crippen molar-refractivity contribution < 1.29 is 9.90 Å². The number of hydrogen-bond donors (Lipinski definition) is 2. The standard InChI is InChI=1S/C15H16Cl2N2O2/c1-19-13(8-12(16)14(19)17)15(21)18-9-11(20)7-10-5-3-2-4-6-10/h2-6,8,11,20H,7,9H2,1H3,(H,18,21). The predicted octanol–water partition coefficient (Wildman–Crippen LogP) is 2.67. The van der Waals surface area contributed by atoms with Gasteiger partial charge in [0.05, 0.1) is 11.1 Å². The third kappa shape index (κ3) is 4.00. The molecule has 1 atom stereocenters. The van der Waals surface area contributed by atoms with Crippen LogP contribution in [0, 0.1) is 0 Å². The van der Waals surface area contributed by atoms with Crippen molar-refractivity contribution in [1.82, 2.24) is 9.88 Å².